The van der Waals surface area contributed by atoms with E-state index in [9.17, 15) is 9.59 Å². The van der Waals surface area contributed by atoms with Gasteiger partial charge in [-0.2, -0.15) is 0 Å². The van der Waals surface area contributed by atoms with E-state index in [1.165, 1.54) is 0 Å². The Kier molecular flexibility index (Phi) is 6.58. The van der Waals surface area contributed by atoms with E-state index < -0.39 is 11.5 Å². The Morgan fingerprint density at radius 2 is 1.73 bits per heavy atom. The molecule has 0 radical (unpaired) electrons. The quantitative estimate of drug-likeness (QED) is 0.195. The smallest absolute Gasteiger partial charge is 0.340 e. The second kappa shape index (κ2) is 9.84. The number of fused-ring (bicyclic) bond motifs is 2. The van der Waals surface area contributed by atoms with Gasteiger partial charge in [-0.25, -0.2) is 4.79 Å². The van der Waals surface area contributed by atoms with Crippen molar-refractivity contribution in [1.82, 2.24) is 5.32 Å². The van der Waals surface area contributed by atoms with Gasteiger partial charge < -0.3 is 19.5 Å². The molecule has 0 aliphatic carbocycles. The lowest BCUT2D eigenvalue weighted by Crippen LogP contribution is -2.36. The molecule has 37 heavy (non-hydrogen) atoms. The van der Waals surface area contributed by atoms with E-state index in [0.29, 0.717) is 21.8 Å². The summed E-state index contributed by atoms with van der Waals surface area (Å²) in [7, 11) is 0. The highest BCUT2D eigenvalue weighted by Crippen LogP contribution is 2.35. The van der Waals surface area contributed by atoms with Crippen LogP contribution < -0.4 is 16.3 Å². The van der Waals surface area contributed by atoms with Gasteiger partial charge in [-0.05, 0) is 73.9 Å². The van der Waals surface area contributed by atoms with Crippen molar-refractivity contribution in [1.29, 1.82) is 0 Å². The van der Waals surface area contributed by atoms with Crippen molar-refractivity contribution < 1.29 is 13.6 Å². The first-order valence-electron chi connectivity index (χ1n) is 11.6. The molecule has 0 spiro atoms. The van der Waals surface area contributed by atoms with Gasteiger partial charge >= 0.3 is 5.63 Å². The number of rotatable bonds is 4. The summed E-state index contributed by atoms with van der Waals surface area (Å²) in [6.07, 6.45) is 1.49. The van der Waals surface area contributed by atoms with E-state index in [-0.39, 0.29) is 17.1 Å². The number of anilines is 1. The third-order valence-corrected chi connectivity index (χ3v) is 6.81. The lowest BCUT2D eigenvalue weighted by atomic mass is 9.99. The van der Waals surface area contributed by atoms with Crippen molar-refractivity contribution in [2.75, 3.05) is 5.32 Å². The zero-order chi connectivity index (χ0) is 26.3. The molecule has 0 saturated carbocycles. The minimum Gasteiger partial charge on any atom is -0.464 e. The summed E-state index contributed by atoms with van der Waals surface area (Å²) in [5, 5.41) is 8.08. The van der Waals surface area contributed by atoms with Gasteiger partial charge in [0, 0.05) is 33.1 Å². The second-order valence-electron chi connectivity index (χ2n) is 8.99. The minimum absolute atomic E-state index is 0.160. The van der Waals surface area contributed by atoms with Crippen LogP contribution in [0.15, 0.2) is 74.5 Å². The predicted octanol–water partition coefficient (Wildman–Crippen LogP) is 6.84. The molecule has 2 N–H and O–H groups in total. The SMILES string of the molecule is Cc1ccc(NC(=S)NC(=O)Cc2c(C)c3cc4c(-c5ccc(Cl)cc5)coc4cc3oc2=O)c(C)c1. The molecule has 8 heteroatoms. The lowest BCUT2D eigenvalue weighted by Gasteiger charge is -2.13. The van der Waals surface area contributed by atoms with Crippen LogP contribution in [0.2, 0.25) is 5.02 Å². The number of hydrogen-bond donors (Lipinski definition) is 2. The van der Waals surface area contributed by atoms with E-state index in [0.717, 1.165) is 38.7 Å². The fourth-order valence-electron chi connectivity index (χ4n) is 4.41. The number of aryl methyl sites for hydroxylation is 3. The van der Waals surface area contributed by atoms with Crippen molar-refractivity contribution in [2.24, 2.45) is 0 Å². The molecule has 3 aromatic carbocycles. The molecule has 186 valence electrons. The van der Waals surface area contributed by atoms with Crippen LogP contribution in [0, 0.1) is 20.8 Å². The van der Waals surface area contributed by atoms with Crippen LogP contribution in [0.25, 0.3) is 33.1 Å². The summed E-state index contributed by atoms with van der Waals surface area (Å²) in [4.78, 5) is 25.6. The van der Waals surface area contributed by atoms with Crippen molar-refractivity contribution in [3.8, 4) is 11.1 Å². The Hall–Kier alpha value is -3.94. The molecule has 0 bridgehead atoms. The van der Waals surface area contributed by atoms with Crippen LogP contribution in [-0.2, 0) is 11.2 Å². The normalized spacial score (nSPS) is 11.1. The molecular formula is C29H23ClN2O4S. The first-order chi connectivity index (χ1) is 17.7. The topological polar surface area (TPSA) is 84.5 Å². The summed E-state index contributed by atoms with van der Waals surface area (Å²) in [5.41, 5.74) is 6.13. The van der Waals surface area contributed by atoms with Crippen molar-refractivity contribution in [3.63, 3.8) is 0 Å². The number of amides is 1. The Labute approximate surface area is 223 Å². The first kappa shape index (κ1) is 24.7. The standard InChI is InChI=1S/C29H23ClN2O4S/c1-15-4-9-24(16(2)10-15)31-29(37)32-27(33)12-21-17(3)20-11-22-23(18-5-7-19(30)8-6-18)14-35-25(22)13-26(20)36-28(21)34/h4-11,13-14H,12H2,1-3H3,(H2,31,32,33,37). The van der Waals surface area contributed by atoms with E-state index in [4.69, 9.17) is 32.7 Å². The molecule has 6 nitrogen and oxygen atoms in total. The maximum Gasteiger partial charge on any atom is 0.340 e. The van der Waals surface area contributed by atoms with Gasteiger partial charge in [-0.3, -0.25) is 4.79 Å². The maximum absolute atomic E-state index is 12.8. The van der Waals surface area contributed by atoms with E-state index in [1.54, 1.807) is 12.3 Å². The van der Waals surface area contributed by atoms with Crippen LogP contribution in [0.1, 0.15) is 22.3 Å². The second-order valence-corrected chi connectivity index (χ2v) is 9.84. The van der Waals surface area contributed by atoms with Crippen molar-refractivity contribution >= 4 is 62.5 Å². The molecular weight excluding hydrogens is 508 g/mol. The molecule has 1 amide bonds. The Morgan fingerprint density at radius 1 is 0.973 bits per heavy atom. The van der Waals surface area contributed by atoms with E-state index >= 15 is 0 Å². The fraction of sp³-hybridized carbons (Fsp3) is 0.138. The molecule has 0 unspecified atom stereocenters. The number of thiocarbonyl (C=S) groups is 1. The highest BCUT2D eigenvalue weighted by Gasteiger charge is 2.18. The van der Waals surface area contributed by atoms with Crippen molar-refractivity contribution in [3.05, 3.63) is 98.6 Å². The van der Waals surface area contributed by atoms with Crippen molar-refractivity contribution in [2.45, 2.75) is 27.2 Å². The first-order valence-corrected chi connectivity index (χ1v) is 12.4. The highest BCUT2D eigenvalue weighted by molar-refractivity contribution is 7.80. The van der Waals surface area contributed by atoms with Crippen LogP contribution in [0.4, 0.5) is 5.69 Å². The van der Waals surface area contributed by atoms with Gasteiger partial charge in [0.2, 0.25) is 5.91 Å². The van der Waals surface area contributed by atoms with E-state index in [2.05, 4.69) is 10.6 Å². The summed E-state index contributed by atoms with van der Waals surface area (Å²) < 4.78 is 11.3. The summed E-state index contributed by atoms with van der Waals surface area (Å²) >= 11 is 11.4. The van der Waals surface area contributed by atoms with Crippen LogP contribution in [0.3, 0.4) is 0 Å². The van der Waals surface area contributed by atoms with Crippen LogP contribution in [-0.4, -0.2) is 11.0 Å². The molecule has 5 rings (SSSR count). The number of benzene rings is 3. The number of carbonyl (C=O) groups excluding carboxylic acids is 1. The summed E-state index contributed by atoms with van der Waals surface area (Å²) in [6, 6.07) is 17.0. The zero-order valence-corrected chi connectivity index (χ0v) is 22.0. The molecule has 0 aliphatic rings. The maximum atomic E-state index is 12.8. The number of nitrogens with one attached hydrogen (secondary N) is 2. The molecule has 0 saturated heterocycles. The predicted molar refractivity (Wildman–Crippen MR) is 151 cm³/mol. The highest BCUT2D eigenvalue weighted by atomic mass is 35.5. The number of halogens is 1. The third-order valence-electron chi connectivity index (χ3n) is 6.36. The van der Waals surface area contributed by atoms with Gasteiger partial charge in [0.1, 0.15) is 11.2 Å². The zero-order valence-electron chi connectivity index (χ0n) is 20.4. The number of carbonyl (C=O) groups is 1. The average Bonchev–Trinajstić information content (AvgIpc) is 3.26. The average molecular weight is 531 g/mol. The largest absolute Gasteiger partial charge is 0.464 e. The minimum atomic E-state index is -0.572. The van der Waals surface area contributed by atoms with E-state index in [1.807, 2.05) is 69.3 Å². The van der Waals surface area contributed by atoms with Crippen LogP contribution >= 0.6 is 23.8 Å². The van der Waals surface area contributed by atoms with Crippen LogP contribution in [0.5, 0.6) is 0 Å². The number of furan rings is 1. The summed E-state index contributed by atoms with van der Waals surface area (Å²) in [5.74, 6) is -0.414. The Bertz CT molecular complexity index is 1750. The van der Waals surface area contributed by atoms with Gasteiger partial charge in [-0.1, -0.05) is 41.4 Å². The lowest BCUT2D eigenvalue weighted by molar-refractivity contribution is -0.119. The molecule has 2 heterocycles. The van der Waals surface area contributed by atoms with Gasteiger partial charge in [0.15, 0.2) is 5.11 Å². The Balaban J connectivity index is 1.43. The molecule has 0 aliphatic heterocycles. The molecule has 0 fully saturated rings. The Morgan fingerprint density at radius 3 is 2.46 bits per heavy atom. The fourth-order valence-corrected chi connectivity index (χ4v) is 4.76. The third kappa shape index (κ3) is 5.01. The van der Waals surface area contributed by atoms with Gasteiger partial charge in [-0.15, -0.1) is 0 Å². The van der Waals surface area contributed by atoms with Gasteiger partial charge in [0.25, 0.3) is 0 Å². The molecule has 5 aromatic rings. The molecule has 2 aromatic heterocycles. The van der Waals surface area contributed by atoms with Gasteiger partial charge in [0.05, 0.1) is 18.2 Å². The molecule has 0 atom stereocenters. The number of hydrogen-bond acceptors (Lipinski definition) is 5. The summed E-state index contributed by atoms with van der Waals surface area (Å²) in [6.45, 7) is 5.77. The monoisotopic (exact) mass is 530 g/mol.